The summed E-state index contributed by atoms with van der Waals surface area (Å²) in [5, 5.41) is 5.20. The van der Waals surface area contributed by atoms with Crippen LogP contribution in [0.1, 0.15) is 75.0 Å². The fraction of sp³-hybridized carbons (Fsp3) is 0.600. The fourth-order valence-corrected chi connectivity index (χ4v) is 4.45. The predicted molar refractivity (Wildman–Crippen MR) is 94.7 cm³/mol. The van der Waals surface area contributed by atoms with E-state index < -0.39 is 0 Å². The van der Waals surface area contributed by atoms with Crippen LogP contribution in [0.3, 0.4) is 0 Å². The van der Waals surface area contributed by atoms with Crippen molar-refractivity contribution in [2.45, 2.75) is 76.7 Å². The predicted octanol–water partition coefficient (Wildman–Crippen LogP) is 5.88. The molecule has 0 spiro atoms. The molecular weight excluding hydrogens is 268 g/mol. The van der Waals surface area contributed by atoms with Gasteiger partial charge in [0.15, 0.2) is 0 Å². The Bertz CT molecular complexity index is 643. The summed E-state index contributed by atoms with van der Waals surface area (Å²) < 4.78 is 0. The van der Waals surface area contributed by atoms with Crippen LogP contribution in [-0.2, 0) is 0 Å². The molecule has 0 saturated heterocycles. The lowest BCUT2D eigenvalue weighted by Crippen LogP contribution is -2.14. The molecule has 0 amide bonds. The zero-order valence-corrected chi connectivity index (χ0v) is 13.8. The summed E-state index contributed by atoms with van der Waals surface area (Å²) in [6.45, 7) is 2.21. The summed E-state index contributed by atoms with van der Waals surface area (Å²) in [6.07, 6.45) is 12.3. The summed E-state index contributed by atoms with van der Waals surface area (Å²) in [5.74, 6) is 0.751. The molecule has 2 N–H and O–H groups in total. The van der Waals surface area contributed by atoms with Gasteiger partial charge in [-0.2, -0.15) is 0 Å². The third-order valence-corrected chi connectivity index (χ3v) is 5.65. The number of aromatic amines is 1. The zero-order chi connectivity index (χ0) is 14.9. The van der Waals surface area contributed by atoms with Gasteiger partial charge in [-0.05, 0) is 62.3 Å². The summed E-state index contributed by atoms with van der Waals surface area (Å²) in [6, 6.07) is 7.74. The van der Waals surface area contributed by atoms with E-state index in [1.165, 1.54) is 85.6 Å². The van der Waals surface area contributed by atoms with Crippen molar-refractivity contribution in [3.8, 4) is 0 Å². The smallest absolute Gasteiger partial charge is 0.0692 e. The minimum atomic E-state index is 0.673. The molecular formula is C20H28N2. The van der Waals surface area contributed by atoms with Gasteiger partial charge in [-0.1, -0.05) is 32.1 Å². The molecule has 0 aliphatic heterocycles. The Morgan fingerprint density at radius 3 is 2.41 bits per heavy atom. The zero-order valence-electron chi connectivity index (χ0n) is 13.8. The van der Waals surface area contributed by atoms with Crippen molar-refractivity contribution >= 4 is 16.6 Å². The van der Waals surface area contributed by atoms with E-state index in [0.29, 0.717) is 6.04 Å². The van der Waals surface area contributed by atoms with Crippen LogP contribution in [0.2, 0.25) is 0 Å². The van der Waals surface area contributed by atoms with Crippen LogP contribution >= 0.6 is 0 Å². The van der Waals surface area contributed by atoms with E-state index in [4.69, 9.17) is 0 Å². The lowest BCUT2D eigenvalue weighted by Gasteiger charge is -2.20. The standard InChI is InChI=1S/C20H28N2/c1-14-11-16-13-18(15-7-3-2-4-8-15)22-20(16)19(12-14)21-17-9-5-6-10-17/h11-13,15,17,21-22H,2-10H2,1H3. The van der Waals surface area contributed by atoms with E-state index in [1.807, 2.05) is 0 Å². The number of nitrogens with one attached hydrogen (secondary N) is 2. The van der Waals surface area contributed by atoms with Crippen molar-refractivity contribution in [3.05, 3.63) is 29.5 Å². The number of benzene rings is 1. The van der Waals surface area contributed by atoms with Crippen LogP contribution in [0.15, 0.2) is 18.2 Å². The number of H-pyrrole nitrogens is 1. The third kappa shape index (κ3) is 2.76. The molecule has 22 heavy (non-hydrogen) atoms. The Morgan fingerprint density at radius 2 is 1.64 bits per heavy atom. The monoisotopic (exact) mass is 296 g/mol. The van der Waals surface area contributed by atoms with Crippen LogP contribution in [0, 0.1) is 6.92 Å². The number of rotatable bonds is 3. The van der Waals surface area contributed by atoms with Gasteiger partial charge in [-0.3, -0.25) is 0 Å². The maximum absolute atomic E-state index is 3.81. The average molecular weight is 296 g/mol. The first kappa shape index (κ1) is 14.2. The first-order chi connectivity index (χ1) is 10.8. The number of fused-ring (bicyclic) bond motifs is 1. The molecule has 0 radical (unpaired) electrons. The molecule has 0 bridgehead atoms. The quantitative estimate of drug-likeness (QED) is 0.727. The Labute approximate surface area is 133 Å². The van der Waals surface area contributed by atoms with Crippen LogP contribution in [0.25, 0.3) is 10.9 Å². The summed E-state index contributed by atoms with van der Waals surface area (Å²) >= 11 is 0. The highest BCUT2D eigenvalue weighted by atomic mass is 14.9. The van der Waals surface area contributed by atoms with Crippen molar-refractivity contribution < 1.29 is 0 Å². The minimum absolute atomic E-state index is 0.673. The number of aromatic nitrogens is 1. The molecule has 4 rings (SSSR count). The third-order valence-electron chi connectivity index (χ3n) is 5.65. The lowest BCUT2D eigenvalue weighted by atomic mass is 9.87. The largest absolute Gasteiger partial charge is 0.381 e. The molecule has 2 heteroatoms. The highest BCUT2D eigenvalue weighted by Crippen LogP contribution is 2.36. The van der Waals surface area contributed by atoms with E-state index >= 15 is 0 Å². The van der Waals surface area contributed by atoms with E-state index in [9.17, 15) is 0 Å². The van der Waals surface area contributed by atoms with Crippen molar-refractivity contribution in [2.75, 3.05) is 5.32 Å². The van der Waals surface area contributed by atoms with Gasteiger partial charge in [0.1, 0.15) is 0 Å². The van der Waals surface area contributed by atoms with Crippen molar-refractivity contribution in [1.29, 1.82) is 0 Å². The van der Waals surface area contributed by atoms with Crippen LogP contribution in [0.4, 0.5) is 5.69 Å². The minimum Gasteiger partial charge on any atom is -0.381 e. The Kier molecular flexibility index (Phi) is 3.85. The molecule has 1 heterocycles. The number of anilines is 1. The van der Waals surface area contributed by atoms with Gasteiger partial charge in [0, 0.05) is 17.1 Å². The molecule has 2 aromatic rings. The number of aryl methyl sites for hydroxylation is 1. The lowest BCUT2D eigenvalue weighted by molar-refractivity contribution is 0.438. The SMILES string of the molecule is Cc1cc(NC2CCCC2)c2[nH]c(C3CCCCC3)cc2c1. The molecule has 0 atom stereocenters. The molecule has 2 fully saturated rings. The topological polar surface area (TPSA) is 27.8 Å². The summed E-state index contributed by atoms with van der Waals surface area (Å²) in [5.41, 5.74) is 5.49. The second-order valence-electron chi connectivity index (χ2n) is 7.46. The maximum atomic E-state index is 3.81. The molecule has 2 aliphatic rings. The number of hydrogen-bond acceptors (Lipinski definition) is 1. The van der Waals surface area contributed by atoms with Gasteiger partial charge in [0.2, 0.25) is 0 Å². The summed E-state index contributed by atoms with van der Waals surface area (Å²) in [7, 11) is 0. The molecule has 118 valence electrons. The summed E-state index contributed by atoms with van der Waals surface area (Å²) in [4.78, 5) is 3.77. The van der Waals surface area contributed by atoms with E-state index in [1.54, 1.807) is 0 Å². The maximum Gasteiger partial charge on any atom is 0.0692 e. The molecule has 0 unspecified atom stereocenters. The van der Waals surface area contributed by atoms with Crippen LogP contribution < -0.4 is 5.32 Å². The number of hydrogen-bond donors (Lipinski definition) is 2. The van der Waals surface area contributed by atoms with Gasteiger partial charge in [-0.25, -0.2) is 0 Å². The molecule has 1 aromatic heterocycles. The molecule has 1 aromatic carbocycles. The Hall–Kier alpha value is -1.44. The van der Waals surface area contributed by atoms with Gasteiger partial charge in [0.05, 0.1) is 11.2 Å². The van der Waals surface area contributed by atoms with Crippen LogP contribution in [-0.4, -0.2) is 11.0 Å². The van der Waals surface area contributed by atoms with E-state index in [2.05, 4.69) is 35.4 Å². The van der Waals surface area contributed by atoms with Crippen molar-refractivity contribution in [2.24, 2.45) is 0 Å². The highest BCUT2D eigenvalue weighted by Gasteiger charge is 2.20. The van der Waals surface area contributed by atoms with Gasteiger partial charge < -0.3 is 10.3 Å². The average Bonchev–Trinajstić information content (AvgIpc) is 3.17. The Balaban J connectivity index is 1.67. The Morgan fingerprint density at radius 1 is 0.909 bits per heavy atom. The highest BCUT2D eigenvalue weighted by molar-refractivity contribution is 5.92. The fourth-order valence-electron chi connectivity index (χ4n) is 4.45. The van der Waals surface area contributed by atoms with Crippen molar-refractivity contribution in [3.63, 3.8) is 0 Å². The van der Waals surface area contributed by atoms with E-state index in [0.717, 1.165) is 5.92 Å². The van der Waals surface area contributed by atoms with Gasteiger partial charge >= 0.3 is 0 Å². The molecule has 2 nitrogen and oxygen atoms in total. The van der Waals surface area contributed by atoms with Gasteiger partial charge in [0.25, 0.3) is 0 Å². The second kappa shape index (κ2) is 5.98. The normalized spacial score (nSPS) is 20.8. The molecule has 2 aliphatic carbocycles. The first-order valence-corrected chi connectivity index (χ1v) is 9.19. The van der Waals surface area contributed by atoms with Crippen molar-refractivity contribution in [1.82, 2.24) is 4.98 Å². The van der Waals surface area contributed by atoms with E-state index in [-0.39, 0.29) is 0 Å². The first-order valence-electron chi connectivity index (χ1n) is 9.19. The second-order valence-corrected chi connectivity index (χ2v) is 7.46. The molecule has 2 saturated carbocycles. The van der Waals surface area contributed by atoms with Crippen LogP contribution in [0.5, 0.6) is 0 Å². The van der Waals surface area contributed by atoms with Gasteiger partial charge in [-0.15, -0.1) is 0 Å².